The standard InChI is InChI=1S/C19H19NO5.C11H17NO3.C2H6O.ClH.H2N2.H2/c1-23-16-9-8-13(12-17(16)24-2)25-11-5-10-20-18(21)14-6-3-4-7-15(14)19(20)22;1-13-10-5-4-9(8-11(10)14-2)15-7-3-6-12;1-2-3;;1-2;/h3-4,6-9,12H,5,10-11H2,1-2H3;4-5,8H,3,6-7,12H2,1-2H3;3H,2H2,1H3;1H;1-2H;1H. The molecule has 1 aliphatic heterocycles. The highest BCUT2D eigenvalue weighted by atomic mass is 35.5. The van der Waals surface area contributed by atoms with E-state index in [1.165, 1.54) is 4.90 Å². The number of nitrogens with zero attached hydrogens (tertiary/aromatic N) is 1. The molecule has 0 saturated carbocycles. The molecule has 46 heavy (non-hydrogen) atoms. The van der Waals surface area contributed by atoms with Crippen LogP contribution in [0.15, 0.2) is 60.7 Å². The van der Waals surface area contributed by atoms with Gasteiger partial charge in [-0.3, -0.25) is 14.5 Å². The molecule has 0 aromatic heterocycles. The number of imide groups is 1. The first-order valence-electron chi connectivity index (χ1n) is 14.1. The molecule has 0 bridgehead atoms. The maximum atomic E-state index is 12.3. The summed E-state index contributed by atoms with van der Waals surface area (Å²) in [5.41, 5.74) is 16.3. The molecule has 13 nitrogen and oxygen atoms in total. The van der Waals surface area contributed by atoms with Crippen molar-refractivity contribution < 1.29 is 44.5 Å². The molecule has 1 aliphatic rings. The average molecular weight is 667 g/mol. The van der Waals surface area contributed by atoms with Gasteiger partial charge in [-0.05, 0) is 62.7 Å². The third kappa shape index (κ3) is 12.4. The monoisotopic (exact) mass is 666 g/mol. The summed E-state index contributed by atoms with van der Waals surface area (Å²) in [6.07, 6.45) is 1.38. The van der Waals surface area contributed by atoms with Gasteiger partial charge in [0, 0.05) is 26.7 Å². The molecule has 14 heteroatoms. The molecule has 0 spiro atoms. The van der Waals surface area contributed by atoms with Gasteiger partial charge in [0.2, 0.25) is 0 Å². The number of hydrogen-bond acceptors (Lipinski definition) is 12. The quantitative estimate of drug-likeness (QED) is 0.104. The minimum atomic E-state index is -0.244. The number of methoxy groups -OCH3 is 4. The van der Waals surface area contributed by atoms with E-state index in [9.17, 15) is 9.59 Å². The van der Waals surface area contributed by atoms with E-state index in [1.807, 2.05) is 12.1 Å². The van der Waals surface area contributed by atoms with Crippen molar-refractivity contribution in [2.24, 2.45) is 5.73 Å². The van der Waals surface area contributed by atoms with E-state index in [0.717, 1.165) is 12.2 Å². The van der Waals surface area contributed by atoms with E-state index >= 15 is 0 Å². The zero-order chi connectivity index (χ0) is 33.6. The topological polar surface area (TPSA) is 187 Å². The van der Waals surface area contributed by atoms with Gasteiger partial charge in [0.25, 0.3) is 11.8 Å². The highest BCUT2D eigenvalue weighted by Crippen LogP contribution is 2.32. The second kappa shape index (κ2) is 23.7. The van der Waals surface area contributed by atoms with Gasteiger partial charge >= 0.3 is 0 Å². The van der Waals surface area contributed by atoms with Gasteiger partial charge in [-0.2, -0.15) is 0 Å². The van der Waals surface area contributed by atoms with Crippen molar-refractivity contribution in [1.82, 2.24) is 4.90 Å². The Labute approximate surface area is 277 Å². The predicted octanol–water partition coefficient (Wildman–Crippen LogP) is 5.46. The van der Waals surface area contributed by atoms with Crippen molar-refractivity contribution in [1.29, 1.82) is 11.1 Å². The molecule has 2 amide bonds. The molecule has 4 rings (SSSR count). The Morgan fingerprint density at radius 3 is 1.48 bits per heavy atom. The number of aliphatic hydroxyl groups excluding tert-OH is 1. The lowest BCUT2D eigenvalue weighted by molar-refractivity contribution is 0.0646. The van der Waals surface area contributed by atoms with E-state index < -0.39 is 0 Å². The van der Waals surface area contributed by atoms with Crippen LogP contribution >= 0.6 is 12.4 Å². The van der Waals surface area contributed by atoms with Crippen LogP contribution in [0.2, 0.25) is 0 Å². The molecule has 0 fully saturated rings. The lowest BCUT2D eigenvalue weighted by Crippen LogP contribution is -2.31. The van der Waals surface area contributed by atoms with Gasteiger partial charge in [-0.25, -0.2) is 11.1 Å². The lowest BCUT2D eigenvalue weighted by Gasteiger charge is -2.14. The molecule has 256 valence electrons. The van der Waals surface area contributed by atoms with Crippen LogP contribution in [0, 0.1) is 11.1 Å². The normalized spacial score (nSPS) is 10.7. The van der Waals surface area contributed by atoms with Crippen LogP contribution in [0.1, 0.15) is 41.9 Å². The summed E-state index contributed by atoms with van der Waals surface area (Å²) in [5, 5.41) is 7.57. The Morgan fingerprint density at radius 1 is 0.717 bits per heavy atom. The number of amides is 2. The van der Waals surface area contributed by atoms with Gasteiger partial charge in [0.05, 0.1) is 52.8 Å². The van der Waals surface area contributed by atoms with E-state index in [4.69, 9.17) is 50.3 Å². The van der Waals surface area contributed by atoms with Crippen molar-refractivity contribution in [2.75, 3.05) is 61.3 Å². The Morgan fingerprint density at radius 2 is 1.11 bits per heavy atom. The molecule has 1 heterocycles. The van der Waals surface area contributed by atoms with E-state index in [0.29, 0.717) is 72.6 Å². The summed E-state index contributed by atoms with van der Waals surface area (Å²) in [5.74, 6) is 3.49. The summed E-state index contributed by atoms with van der Waals surface area (Å²) >= 11 is 0. The number of nitrogens with two attached hydrogens (primary N) is 1. The fourth-order valence-corrected chi connectivity index (χ4v) is 3.94. The fourth-order valence-electron chi connectivity index (χ4n) is 3.94. The first-order valence-corrected chi connectivity index (χ1v) is 14.1. The molecule has 0 radical (unpaired) electrons. The third-order valence-corrected chi connectivity index (χ3v) is 6.00. The largest absolute Gasteiger partial charge is 0.493 e. The van der Waals surface area contributed by atoms with Crippen LogP contribution in [0.25, 0.3) is 0 Å². The molecule has 0 atom stereocenters. The Bertz CT molecular complexity index is 1300. The summed E-state index contributed by atoms with van der Waals surface area (Å²) in [6.45, 7) is 3.88. The predicted molar refractivity (Wildman–Crippen MR) is 178 cm³/mol. The SMILES string of the molecule is CCO.COc1ccc(OCCCN)cc1OC.COc1ccc(OCCCN2C(=O)c3ccccc3C2=O)cc1OC.Cl.N=N.[HH]. The van der Waals surface area contributed by atoms with Crippen LogP contribution in [-0.4, -0.2) is 83.2 Å². The molecule has 0 saturated heterocycles. The number of rotatable bonds is 13. The van der Waals surface area contributed by atoms with Crippen LogP contribution in [0.3, 0.4) is 0 Å². The Hall–Kier alpha value is -4.59. The van der Waals surface area contributed by atoms with Gasteiger partial charge in [-0.1, -0.05) is 12.1 Å². The fraction of sp³-hybridized carbons (Fsp3) is 0.375. The smallest absolute Gasteiger partial charge is 0.261 e. The third-order valence-electron chi connectivity index (χ3n) is 6.00. The van der Waals surface area contributed by atoms with Crippen molar-refractivity contribution in [3.8, 4) is 34.5 Å². The number of carbonyl (C=O) groups is 2. The van der Waals surface area contributed by atoms with Crippen LogP contribution < -0.4 is 34.2 Å². The number of halogens is 1. The lowest BCUT2D eigenvalue weighted by atomic mass is 10.1. The summed E-state index contributed by atoms with van der Waals surface area (Å²) in [7, 11) is 6.33. The molecule has 0 aliphatic carbocycles. The number of benzene rings is 3. The molecule has 3 aromatic rings. The highest BCUT2D eigenvalue weighted by Gasteiger charge is 2.34. The molecular weight excluding hydrogens is 620 g/mol. The molecule has 3 aromatic carbocycles. The second-order valence-electron chi connectivity index (χ2n) is 8.85. The minimum Gasteiger partial charge on any atom is -0.493 e. The summed E-state index contributed by atoms with van der Waals surface area (Å²) in [4.78, 5) is 25.8. The van der Waals surface area contributed by atoms with Crippen molar-refractivity contribution in [3.05, 3.63) is 71.8 Å². The van der Waals surface area contributed by atoms with Gasteiger partial charge in [-0.15, -0.1) is 12.4 Å². The first kappa shape index (κ1) is 41.4. The maximum absolute atomic E-state index is 12.3. The number of ether oxygens (including phenoxy) is 6. The first-order chi connectivity index (χ1) is 21.9. The maximum Gasteiger partial charge on any atom is 0.261 e. The number of carbonyl (C=O) groups excluding carboxylic acids is 2. The van der Waals surface area contributed by atoms with E-state index in [1.54, 1.807) is 83.9 Å². The van der Waals surface area contributed by atoms with Crippen LogP contribution in [0.5, 0.6) is 34.5 Å². The minimum absolute atomic E-state index is 0. The zero-order valence-electron chi connectivity index (χ0n) is 26.9. The van der Waals surface area contributed by atoms with Crippen molar-refractivity contribution in [3.63, 3.8) is 0 Å². The summed E-state index contributed by atoms with van der Waals surface area (Å²) in [6, 6.07) is 17.6. The number of nitrogens with one attached hydrogen (secondary N) is 2. The summed E-state index contributed by atoms with van der Waals surface area (Å²) < 4.78 is 31.8. The molecule has 0 unspecified atom stereocenters. The van der Waals surface area contributed by atoms with Crippen molar-refractivity contribution >= 4 is 24.2 Å². The number of aliphatic hydroxyl groups is 1. The number of hydrogen-bond donors (Lipinski definition) is 4. The van der Waals surface area contributed by atoms with Crippen LogP contribution in [0.4, 0.5) is 0 Å². The second-order valence-corrected chi connectivity index (χ2v) is 8.85. The molecule has 5 N–H and O–H groups in total. The van der Waals surface area contributed by atoms with Gasteiger partial charge in [0.1, 0.15) is 11.5 Å². The number of fused-ring (bicyclic) bond motifs is 1. The average Bonchev–Trinajstić information content (AvgIpc) is 3.32. The van der Waals surface area contributed by atoms with E-state index in [-0.39, 0.29) is 32.3 Å². The van der Waals surface area contributed by atoms with Gasteiger partial charge < -0.3 is 39.3 Å². The van der Waals surface area contributed by atoms with E-state index in [2.05, 4.69) is 0 Å². The molecular formula is C32H47ClN4O9. The van der Waals surface area contributed by atoms with Crippen molar-refractivity contribution in [2.45, 2.75) is 19.8 Å². The van der Waals surface area contributed by atoms with Gasteiger partial charge in [0.15, 0.2) is 23.0 Å². The Balaban J connectivity index is 0. The zero-order valence-corrected chi connectivity index (χ0v) is 27.7. The highest BCUT2D eigenvalue weighted by molar-refractivity contribution is 6.21. The Kier molecular flexibility index (Phi) is 21.4. The van der Waals surface area contributed by atoms with Crippen LogP contribution in [-0.2, 0) is 0 Å².